The monoisotopic (exact) mass is 273 g/mol. The standard InChI is InChI=1S/C12H27NO2Si2/c1-12(2,3)17(7,8)13-9-10(11(13)14)15-16(4,5)6/h10H,9H2,1-8H3. The molecule has 1 atom stereocenters. The summed E-state index contributed by atoms with van der Waals surface area (Å²) in [7, 11) is -3.28. The van der Waals surface area contributed by atoms with Crippen molar-refractivity contribution in [1.29, 1.82) is 0 Å². The molecule has 1 saturated heterocycles. The second kappa shape index (κ2) is 4.21. The smallest absolute Gasteiger partial charge is 0.244 e. The van der Waals surface area contributed by atoms with Crippen molar-refractivity contribution >= 4 is 22.5 Å². The molecule has 0 radical (unpaired) electrons. The van der Waals surface area contributed by atoms with Crippen LogP contribution in [0.1, 0.15) is 20.8 Å². The minimum atomic E-state index is -1.68. The maximum Gasteiger partial charge on any atom is 0.244 e. The molecule has 0 aromatic carbocycles. The molecule has 1 rings (SSSR count). The van der Waals surface area contributed by atoms with Gasteiger partial charge in [-0.2, -0.15) is 0 Å². The van der Waals surface area contributed by atoms with Crippen LogP contribution in [-0.4, -0.2) is 39.7 Å². The second-order valence-corrected chi connectivity index (χ2v) is 17.1. The van der Waals surface area contributed by atoms with Crippen LogP contribution in [0.3, 0.4) is 0 Å². The number of hydrogen-bond donors (Lipinski definition) is 0. The molecular weight excluding hydrogens is 246 g/mol. The van der Waals surface area contributed by atoms with Crippen LogP contribution >= 0.6 is 0 Å². The van der Waals surface area contributed by atoms with Crippen molar-refractivity contribution in [2.45, 2.75) is 64.6 Å². The molecule has 1 fully saturated rings. The topological polar surface area (TPSA) is 29.5 Å². The zero-order chi connectivity index (χ0) is 13.6. The molecule has 0 N–H and O–H groups in total. The second-order valence-electron chi connectivity index (χ2n) is 7.48. The van der Waals surface area contributed by atoms with Gasteiger partial charge in [-0.3, -0.25) is 4.79 Å². The minimum Gasteiger partial charge on any atom is -0.404 e. The normalized spacial score (nSPS) is 22.7. The van der Waals surface area contributed by atoms with Crippen molar-refractivity contribution in [3.05, 3.63) is 0 Å². The molecule has 0 saturated carbocycles. The van der Waals surface area contributed by atoms with Crippen LogP contribution in [0.15, 0.2) is 0 Å². The highest BCUT2D eigenvalue weighted by atomic mass is 28.4. The molecule has 1 aliphatic rings. The first-order valence-corrected chi connectivity index (χ1v) is 12.7. The largest absolute Gasteiger partial charge is 0.404 e. The van der Waals surface area contributed by atoms with Gasteiger partial charge in [-0.25, -0.2) is 0 Å². The van der Waals surface area contributed by atoms with E-state index in [1.165, 1.54) is 0 Å². The first-order chi connectivity index (χ1) is 7.36. The number of rotatable bonds is 3. The molecule has 1 amide bonds. The van der Waals surface area contributed by atoms with Gasteiger partial charge in [0.25, 0.3) is 0 Å². The van der Waals surface area contributed by atoms with E-state index in [1.54, 1.807) is 0 Å². The van der Waals surface area contributed by atoms with Gasteiger partial charge in [-0.15, -0.1) is 0 Å². The van der Waals surface area contributed by atoms with E-state index in [0.29, 0.717) is 0 Å². The molecule has 1 unspecified atom stereocenters. The zero-order valence-electron chi connectivity index (χ0n) is 12.5. The van der Waals surface area contributed by atoms with E-state index in [0.717, 1.165) is 6.54 Å². The highest BCUT2D eigenvalue weighted by molar-refractivity contribution is 6.80. The average Bonchev–Trinajstić information content (AvgIpc) is 2.07. The van der Waals surface area contributed by atoms with E-state index in [4.69, 9.17) is 4.43 Å². The SMILES string of the molecule is CC(C)(C)[Si](C)(C)N1CC(O[Si](C)(C)C)C1=O. The van der Waals surface area contributed by atoms with Gasteiger partial charge in [0.2, 0.25) is 5.91 Å². The third-order valence-electron chi connectivity index (χ3n) is 3.90. The molecule has 100 valence electrons. The quantitative estimate of drug-likeness (QED) is 0.584. The fourth-order valence-electron chi connectivity index (χ4n) is 1.82. The van der Waals surface area contributed by atoms with Crippen molar-refractivity contribution in [3.8, 4) is 0 Å². The van der Waals surface area contributed by atoms with Gasteiger partial charge >= 0.3 is 0 Å². The Morgan fingerprint density at radius 1 is 1.18 bits per heavy atom. The van der Waals surface area contributed by atoms with Crippen molar-refractivity contribution in [1.82, 2.24) is 4.57 Å². The molecular formula is C12H27NO2Si2. The highest BCUT2D eigenvalue weighted by Gasteiger charge is 2.52. The average molecular weight is 274 g/mol. The summed E-state index contributed by atoms with van der Waals surface area (Å²) in [6.07, 6.45) is -0.157. The molecule has 0 aliphatic carbocycles. The number of carbonyl (C=O) groups excluding carboxylic acids is 1. The van der Waals surface area contributed by atoms with Gasteiger partial charge in [-0.05, 0) is 24.7 Å². The van der Waals surface area contributed by atoms with Crippen LogP contribution in [0.25, 0.3) is 0 Å². The zero-order valence-corrected chi connectivity index (χ0v) is 14.5. The fourth-order valence-corrected chi connectivity index (χ4v) is 4.97. The van der Waals surface area contributed by atoms with Gasteiger partial charge in [0.1, 0.15) is 6.10 Å². The third-order valence-corrected chi connectivity index (χ3v) is 10.3. The third kappa shape index (κ3) is 3.00. The van der Waals surface area contributed by atoms with Crippen LogP contribution in [0, 0.1) is 0 Å². The van der Waals surface area contributed by atoms with Crippen molar-refractivity contribution in [2.75, 3.05) is 6.54 Å². The lowest BCUT2D eigenvalue weighted by molar-refractivity contribution is -0.147. The van der Waals surface area contributed by atoms with Crippen molar-refractivity contribution in [2.24, 2.45) is 0 Å². The Morgan fingerprint density at radius 3 is 1.94 bits per heavy atom. The molecule has 0 bridgehead atoms. The lowest BCUT2D eigenvalue weighted by atomic mass is 10.2. The lowest BCUT2D eigenvalue weighted by Gasteiger charge is -2.53. The van der Waals surface area contributed by atoms with E-state index in [1.807, 2.05) is 0 Å². The van der Waals surface area contributed by atoms with E-state index in [9.17, 15) is 4.79 Å². The van der Waals surface area contributed by atoms with Gasteiger partial charge in [-0.1, -0.05) is 33.9 Å². The van der Waals surface area contributed by atoms with Gasteiger partial charge in [0.05, 0.1) is 0 Å². The summed E-state index contributed by atoms with van der Waals surface area (Å²) in [6, 6.07) is 0. The Morgan fingerprint density at radius 2 is 1.65 bits per heavy atom. The maximum atomic E-state index is 12.2. The van der Waals surface area contributed by atoms with Crippen LogP contribution in [0.5, 0.6) is 0 Å². The van der Waals surface area contributed by atoms with E-state index < -0.39 is 16.6 Å². The minimum absolute atomic E-state index is 0.157. The Kier molecular flexibility index (Phi) is 3.69. The molecule has 3 nitrogen and oxygen atoms in total. The summed E-state index contributed by atoms with van der Waals surface area (Å²) in [6.45, 7) is 18.5. The maximum absolute atomic E-state index is 12.2. The molecule has 5 heteroatoms. The van der Waals surface area contributed by atoms with Crippen LogP contribution in [-0.2, 0) is 9.22 Å². The fraction of sp³-hybridized carbons (Fsp3) is 0.917. The Balaban J connectivity index is 2.68. The van der Waals surface area contributed by atoms with Gasteiger partial charge in [0, 0.05) is 6.54 Å². The number of carbonyl (C=O) groups is 1. The molecule has 1 aliphatic heterocycles. The van der Waals surface area contributed by atoms with Crippen molar-refractivity contribution in [3.63, 3.8) is 0 Å². The predicted octanol–water partition coefficient (Wildman–Crippen LogP) is 3.05. The predicted molar refractivity (Wildman–Crippen MR) is 77.1 cm³/mol. The first-order valence-electron chi connectivity index (χ1n) is 6.35. The number of amides is 1. The Bertz CT molecular complexity index is 315. The Labute approximate surface area is 108 Å². The van der Waals surface area contributed by atoms with E-state index >= 15 is 0 Å². The van der Waals surface area contributed by atoms with Crippen LogP contribution in [0.4, 0.5) is 0 Å². The molecule has 1 heterocycles. The summed E-state index contributed by atoms with van der Waals surface area (Å²) in [5.41, 5.74) is 0. The lowest BCUT2D eigenvalue weighted by Crippen LogP contribution is -2.71. The summed E-state index contributed by atoms with van der Waals surface area (Å²) < 4.78 is 7.99. The van der Waals surface area contributed by atoms with Crippen molar-refractivity contribution < 1.29 is 9.22 Å². The molecule has 0 spiro atoms. The Hall–Kier alpha value is -0.136. The summed E-state index contributed by atoms with van der Waals surface area (Å²) >= 11 is 0. The molecule has 0 aromatic rings. The van der Waals surface area contributed by atoms with E-state index in [-0.39, 0.29) is 17.0 Å². The first kappa shape index (κ1) is 14.9. The summed E-state index contributed by atoms with van der Waals surface area (Å²) in [4.78, 5) is 12.2. The number of nitrogens with zero attached hydrogens (tertiary/aromatic N) is 1. The molecule has 17 heavy (non-hydrogen) atoms. The van der Waals surface area contributed by atoms with Crippen LogP contribution < -0.4 is 0 Å². The van der Waals surface area contributed by atoms with Crippen LogP contribution in [0.2, 0.25) is 37.8 Å². The van der Waals surface area contributed by atoms with Gasteiger partial charge < -0.3 is 8.99 Å². The number of hydrogen-bond acceptors (Lipinski definition) is 2. The van der Waals surface area contributed by atoms with E-state index in [2.05, 4.69) is 58.1 Å². The molecule has 0 aromatic heterocycles. The highest BCUT2D eigenvalue weighted by Crippen LogP contribution is 2.41. The number of β-lactam (4-membered cyclic amide) rings is 1. The van der Waals surface area contributed by atoms with Gasteiger partial charge in [0.15, 0.2) is 16.6 Å². The summed E-state index contributed by atoms with van der Waals surface area (Å²) in [5, 5.41) is 0.215. The summed E-state index contributed by atoms with van der Waals surface area (Å²) in [5.74, 6) is 0.221.